The third kappa shape index (κ3) is 2.46. The predicted molar refractivity (Wildman–Crippen MR) is 71.2 cm³/mol. The Morgan fingerprint density at radius 1 is 1.33 bits per heavy atom. The van der Waals surface area contributed by atoms with Gasteiger partial charge in [-0.05, 0) is 37.1 Å². The predicted octanol–water partition coefficient (Wildman–Crippen LogP) is 3.32. The van der Waals surface area contributed by atoms with E-state index in [9.17, 15) is 0 Å². The second kappa shape index (κ2) is 5.04. The van der Waals surface area contributed by atoms with Crippen LogP contribution in [0.2, 0.25) is 0 Å². The van der Waals surface area contributed by atoms with Crippen molar-refractivity contribution in [2.75, 3.05) is 6.54 Å². The summed E-state index contributed by atoms with van der Waals surface area (Å²) in [5.74, 6) is 5.18. The summed E-state index contributed by atoms with van der Waals surface area (Å²) in [5.41, 5.74) is 0. The van der Waals surface area contributed by atoms with Crippen LogP contribution in [-0.4, -0.2) is 11.5 Å². The van der Waals surface area contributed by atoms with Gasteiger partial charge in [-0.3, -0.25) is 0 Å². The average molecular weight is 248 g/mol. The van der Waals surface area contributed by atoms with E-state index in [0.29, 0.717) is 11.8 Å². The van der Waals surface area contributed by atoms with Crippen LogP contribution in [0, 0.1) is 17.8 Å². The van der Waals surface area contributed by atoms with Gasteiger partial charge in [-0.15, -0.1) is 0 Å². The van der Waals surface area contributed by atoms with Gasteiger partial charge in [0.1, 0.15) is 5.76 Å². The van der Waals surface area contributed by atoms with Crippen LogP contribution in [0.25, 0.3) is 0 Å². The zero-order valence-electron chi connectivity index (χ0n) is 11.5. The van der Waals surface area contributed by atoms with Crippen LogP contribution >= 0.6 is 0 Å². The Bertz CT molecular complexity index is 387. The maximum Gasteiger partial charge on any atom is 0.208 e. The molecule has 2 saturated carbocycles. The highest BCUT2D eigenvalue weighted by Crippen LogP contribution is 2.61. The lowest BCUT2D eigenvalue weighted by Crippen LogP contribution is -2.19. The lowest BCUT2D eigenvalue weighted by molar-refractivity contribution is 0.421. The third-order valence-corrected chi connectivity index (χ3v) is 4.39. The second-order valence-electron chi connectivity index (χ2n) is 6.32. The topological polar surface area (TPSA) is 38.1 Å². The summed E-state index contributed by atoms with van der Waals surface area (Å²) in [6.45, 7) is 6.21. The Balaban J connectivity index is 1.54. The van der Waals surface area contributed by atoms with E-state index in [1.54, 1.807) is 0 Å². The molecule has 2 aliphatic rings. The van der Waals surface area contributed by atoms with E-state index in [1.807, 2.05) is 6.20 Å². The molecule has 2 unspecified atom stereocenters. The molecule has 0 spiro atoms. The Kier molecular flexibility index (Phi) is 3.42. The van der Waals surface area contributed by atoms with E-state index >= 15 is 0 Å². The zero-order valence-corrected chi connectivity index (χ0v) is 11.5. The van der Waals surface area contributed by atoms with Gasteiger partial charge in [0.2, 0.25) is 5.89 Å². The van der Waals surface area contributed by atoms with Gasteiger partial charge in [0.25, 0.3) is 0 Å². The number of nitrogens with one attached hydrogen (secondary N) is 1. The molecular weight excluding hydrogens is 224 g/mol. The first-order chi connectivity index (χ1) is 8.75. The normalized spacial score (nSPS) is 30.5. The quantitative estimate of drug-likeness (QED) is 0.868. The maximum absolute atomic E-state index is 5.91. The monoisotopic (exact) mass is 248 g/mol. The highest BCUT2D eigenvalue weighted by molar-refractivity contribution is 5.18. The number of oxazole rings is 1. The van der Waals surface area contributed by atoms with Crippen molar-refractivity contribution in [3.63, 3.8) is 0 Å². The third-order valence-electron chi connectivity index (χ3n) is 4.39. The molecule has 2 aliphatic carbocycles. The van der Waals surface area contributed by atoms with Crippen molar-refractivity contribution in [3.8, 4) is 0 Å². The van der Waals surface area contributed by atoms with Crippen molar-refractivity contribution in [1.82, 2.24) is 10.3 Å². The number of fused-ring (bicyclic) bond motifs is 1. The molecule has 0 aromatic carbocycles. The highest BCUT2D eigenvalue weighted by atomic mass is 16.4. The van der Waals surface area contributed by atoms with Gasteiger partial charge >= 0.3 is 0 Å². The summed E-state index contributed by atoms with van der Waals surface area (Å²) < 4.78 is 5.91. The standard InChI is InChI=1S/C15H24N2O/c1-10(2)7-16-9-14-17-8-13(18-14)15-11-5-3-4-6-12(11)15/h8,10-12,15-16H,3-7,9H2,1-2H3. The summed E-state index contributed by atoms with van der Waals surface area (Å²) in [6.07, 6.45) is 7.59. The average Bonchev–Trinajstić information content (AvgIpc) is 2.91. The lowest BCUT2D eigenvalue weighted by atomic mass is 10.0. The van der Waals surface area contributed by atoms with Gasteiger partial charge in [0.15, 0.2) is 0 Å². The van der Waals surface area contributed by atoms with Crippen molar-refractivity contribution in [2.45, 2.75) is 52.0 Å². The number of aromatic nitrogens is 1. The second-order valence-corrected chi connectivity index (χ2v) is 6.32. The molecule has 3 nitrogen and oxygen atoms in total. The highest BCUT2D eigenvalue weighted by Gasteiger charge is 2.53. The number of rotatable bonds is 5. The van der Waals surface area contributed by atoms with E-state index in [0.717, 1.165) is 36.6 Å². The molecular formula is C15H24N2O. The van der Waals surface area contributed by atoms with Crippen molar-refractivity contribution in [2.24, 2.45) is 17.8 Å². The molecule has 1 aromatic heterocycles. The molecule has 100 valence electrons. The molecule has 2 fully saturated rings. The number of hydrogen-bond acceptors (Lipinski definition) is 3. The molecule has 0 saturated heterocycles. The minimum absolute atomic E-state index is 0.672. The van der Waals surface area contributed by atoms with Crippen LogP contribution in [0.5, 0.6) is 0 Å². The molecule has 1 N–H and O–H groups in total. The minimum atomic E-state index is 0.672. The number of nitrogens with zero attached hydrogens (tertiary/aromatic N) is 1. The molecule has 0 aliphatic heterocycles. The SMILES string of the molecule is CC(C)CNCc1ncc(C2C3CCCCC32)o1. The zero-order chi connectivity index (χ0) is 12.5. The summed E-state index contributed by atoms with van der Waals surface area (Å²) in [6, 6.07) is 0. The fourth-order valence-electron chi connectivity index (χ4n) is 3.44. The lowest BCUT2D eigenvalue weighted by Gasteiger charge is -2.04. The van der Waals surface area contributed by atoms with Crippen LogP contribution in [0.15, 0.2) is 10.6 Å². The van der Waals surface area contributed by atoms with Crippen molar-refractivity contribution in [1.29, 1.82) is 0 Å². The summed E-state index contributed by atoms with van der Waals surface area (Å²) in [7, 11) is 0. The van der Waals surface area contributed by atoms with E-state index in [2.05, 4.69) is 24.1 Å². The summed E-state index contributed by atoms with van der Waals surface area (Å²) >= 11 is 0. The summed E-state index contributed by atoms with van der Waals surface area (Å²) in [5, 5.41) is 3.38. The van der Waals surface area contributed by atoms with Crippen LogP contribution in [0.1, 0.15) is 57.1 Å². The summed E-state index contributed by atoms with van der Waals surface area (Å²) in [4.78, 5) is 4.40. The molecule has 3 rings (SSSR count). The van der Waals surface area contributed by atoms with Gasteiger partial charge in [-0.25, -0.2) is 4.98 Å². The molecule has 2 atom stereocenters. The minimum Gasteiger partial charge on any atom is -0.444 e. The number of hydrogen-bond donors (Lipinski definition) is 1. The van der Waals surface area contributed by atoms with Gasteiger partial charge in [0.05, 0.1) is 12.7 Å². The van der Waals surface area contributed by atoms with E-state index in [1.165, 1.54) is 25.7 Å². The van der Waals surface area contributed by atoms with Gasteiger partial charge in [0, 0.05) is 5.92 Å². The van der Waals surface area contributed by atoms with Gasteiger partial charge in [-0.1, -0.05) is 26.7 Å². The molecule has 18 heavy (non-hydrogen) atoms. The fourth-order valence-corrected chi connectivity index (χ4v) is 3.44. The van der Waals surface area contributed by atoms with E-state index in [-0.39, 0.29) is 0 Å². The van der Waals surface area contributed by atoms with Crippen LogP contribution < -0.4 is 5.32 Å². The van der Waals surface area contributed by atoms with Crippen LogP contribution in [0.3, 0.4) is 0 Å². The largest absolute Gasteiger partial charge is 0.444 e. The van der Waals surface area contributed by atoms with Crippen LogP contribution in [-0.2, 0) is 6.54 Å². The van der Waals surface area contributed by atoms with Gasteiger partial charge in [-0.2, -0.15) is 0 Å². The molecule has 0 radical (unpaired) electrons. The molecule has 0 amide bonds. The van der Waals surface area contributed by atoms with E-state index < -0.39 is 0 Å². The Morgan fingerprint density at radius 3 is 2.72 bits per heavy atom. The molecule has 1 heterocycles. The van der Waals surface area contributed by atoms with Crippen molar-refractivity contribution < 1.29 is 4.42 Å². The Hall–Kier alpha value is -0.830. The van der Waals surface area contributed by atoms with Gasteiger partial charge < -0.3 is 9.73 Å². The van der Waals surface area contributed by atoms with Crippen molar-refractivity contribution >= 4 is 0 Å². The smallest absolute Gasteiger partial charge is 0.208 e. The Labute approximate surface area is 109 Å². The molecule has 1 aromatic rings. The first-order valence-corrected chi connectivity index (χ1v) is 7.41. The maximum atomic E-state index is 5.91. The fraction of sp³-hybridized carbons (Fsp3) is 0.800. The molecule has 0 bridgehead atoms. The van der Waals surface area contributed by atoms with Crippen molar-refractivity contribution in [3.05, 3.63) is 17.8 Å². The first kappa shape index (κ1) is 12.2. The molecule has 3 heteroatoms. The Morgan fingerprint density at radius 2 is 2.06 bits per heavy atom. The van der Waals surface area contributed by atoms with E-state index in [4.69, 9.17) is 4.42 Å². The first-order valence-electron chi connectivity index (χ1n) is 7.41. The van der Waals surface area contributed by atoms with Crippen LogP contribution in [0.4, 0.5) is 0 Å².